The van der Waals surface area contributed by atoms with Crippen molar-refractivity contribution in [3.63, 3.8) is 0 Å². The van der Waals surface area contributed by atoms with Crippen molar-refractivity contribution in [1.82, 2.24) is 0 Å². The molecule has 0 saturated carbocycles. The van der Waals surface area contributed by atoms with Crippen molar-refractivity contribution >= 4 is 50.5 Å². The zero-order valence-corrected chi connectivity index (χ0v) is 19.1. The van der Waals surface area contributed by atoms with Crippen LogP contribution < -0.4 is 15.2 Å². The Hall–Kier alpha value is -3.09. The molecule has 0 aliphatic carbocycles. The lowest BCUT2D eigenvalue weighted by Gasteiger charge is -2.12. The molecule has 0 fully saturated rings. The summed E-state index contributed by atoms with van der Waals surface area (Å²) in [5.41, 5.74) is 1.98. The molecule has 3 aromatic carbocycles. The summed E-state index contributed by atoms with van der Waals surface area (Å²) in [6, 6.07) is 13.7. The van der Waals surface area contributed by atoms with E-state index < -0.39 is 10.0 Å². The smallest absolute Gasteiger partial charge is 0.238 e. The van der Waals surface area contributed by atoms with E-state index in [1.807, 2.05) is 0 Å². The van der Waals surface area contributed by atoms with Gasteiger partial charge in [0.05, 0.1) is 22.9 Å². The van der Waals surface area contributed by atoms with Crippen LogP contribution in [0.3, 0.4) is 0 Å². The van der Waals surface area contributed by atoms with Crippen molar-refractivity contribution in [3.05, 3.63) is 87.2 Å². The predicted octanol–water partition coefficient (Wildman–Crippen LogP) is 5.47. The topological polar surface area (TPSA) is 103 Å². The molecule has 3 rings (SSSR count). The van der Waals surface area contributed by atoms with Crippen LogP contribution in [0.5, 0.6) is 11.5 Å². The summed E-state index contributed by atoms with van der Waals surface area (Å²) in [5, 5.41) is 8.55. The van der Waals surface area contributed by atoms with Gasteiger partial charge in [-0.15, -0.1) is 0 Å². The highest BCUT2D eigenvalue weighted by molar-refractivity contribution is 7.89. The summed E-state index contributed by atoms with van der Waals surface area (Å²) in [4.78, 5) is 15.8. The number of nitrogens with two attached hydrogens (primary N) is 1. The number of primary sulfonamides is 1. The molecule has 0 heterocycles. The Morgan fingerprint density at radius 2 is 1.88 bits per heavy atom. The van der Waals surface area contributed by atoms with Gasteiger partial charge in [-0.25, -0.2) is 18.4 Å². The SMILES string of the molecule is [C-]#[N+]c1cc(Cl)cc(Oc2cc(CC(=O)Nc3ccc(S(N)(=O)=O)cc3C)ccc2Cl)c1. The molecule has 0 unspecified atom stereocenters. The highest BCUT2D eigenvalue weighted by atomic mass is 35.5. The van der Waals surface area contributed by atoms with Crippen molar-refractivity contribution in [2.75, 3.05) is 5.32 Å². The molecular formula is C22H17Cl2N3O4S. The molecule has 0 saturated heterocycles. The first-order valence-electron chi connectivity index (χ1n) is 9.13. The van der Waals surface area contributed by atoms with Crippen molar-refractivity contribution in [1.29, 1.82) is 0 Å². The number of sulfonamides is 1. The lowest BCUT2D eigenvalue weighted by atomic mass is 10.1. The van der Waals surface area contributed by atoms with Crippen molar-refractivity contribution in [3.8, 4) is 11.5 Å². The first-order chi connectivity index (χ1) is 15.0. The molecule has 0 spiro atoms. The zero-order chi connectivity index (χ0) is 23.5. The third kappa shape index (κ3) is 5.99. The van der Waals surface area contributed by atoms with Crippen molar-refractivity contribution < 1.29 is 17.9 Å². The normalized spacial score (nSPS) is 11.0. The van der Waals surface area contributed by atoms with E-state index in [1.54, 1.807) is 31.2 Å². The number of hydrogen-bond donors (Lipinski definition) is 2. The van der Waals surface area contributed by atoms with Gasteiger partial charge in [0, 0.05) is 10.7 Å². The van der Waals surface area contributed by atoms with Gasteiger partial charge in [0.1, 0.15) is 11.5 Å². The first-order valence-corrected chi connectivity index (χ1v) is 11.4. The molecular weight excluding hydrogens is 473 g/mol. The van der Waals surface area contributed by atoms with Gasteiger partial charge in [0.2, 0.25) is 15.9 Å². The van der Waals surface area contributed by atoms with Crippen LogP contribution in [0, 0.1) is 13.5 Å². The second kappa shape index (κ2) is 9.59. The fraction of sp³-hybridized carbons (Fsp3) is 0.0909. The minimum Gasteiger partial charge on any atom is -0.457 e. The number of carbonyl (C=O) groups is 1. The molecule has 32 heavy (non-hydrogen) atoms. The summed E-state index contributed by atoms with van der Waals surface area (Å²) in [5.74, 6) is 0.337. The maximum Gasteiger partial charge on any atom is 0.238 e. The number of benzene rings is 3. The van der Waals surface area contributed by atoms with E-state index in [-0.39, 0.29) is 17.2 Å². The van der Waals surface area contributed by atoms with Crippen LogP contribution in [0.25, 0.3) is 4.85 Å². The van der Waals surface area contributed by atoms with E-state index in [0.717, 1.165) is 0 Å². The van der Waals surface area contributed by atoms with E-state index in [4.69, 9.17) is 39.6 Å². The van der Waals surface area contributed by atoms with Gasteiger partial charge in [-0.2, -0.15) is 0 Å². The third-order valence-electron chi connectivity index (χ3n) is 4.37. The summed E-state index contributed by atoms with van der Waals surface area (Å²) in [6.45, 7) is 8.79. The number of anilines is 1. The Kier molecular flexibility index (Phi) is 7.06. The van der Waals surface area contributed by atoms with Gasteiger partial charge < -0.3 is 10.1 Å². The number of amides is 1. The second-order valence-corrected chi connectivity index (χ2v) is 9.28. The Labute approximate surface area is 195 Å². The average Bonchev–Trinajstić information content (AvgIpc) is 2.70. The van der Waals surface area contributed by atoms with E-state index in [9.17, 15) is 13.2 Å². The number of nitrogens with zero attached hydrogens (tertiary/aromatic N) is 1. The summed E-state index contributed by atoms with van der Waals surface area (Å²) >= 11 is 12.2. The van der Waals surface area contributed by atoms with Gasteiger partial charge in [-0.05, 0) is 66.6 Å². The number of halogens is 2. The molecule has 3 aromatic rings. The summed E-state index contributed by atoms with van der Waals surface area (Å²) in [6.07, 6.45) is 0.0206. The Bertz CT molecular complexity index is 1350. The number of hydrogen-bond acceptors (Lipinski definition) is 4. The highest BCUT2D eigenvalue weighted by Crippen LogP contribution is 2.34. The highest BCUT2D eigenvalue weighted by Gasteiger charge is 2.13. The van der Waals surface area contributed by atoms with Crippen LogP contribution >= 0.6 is 23.2 Å². The van der Waals surface area contributed by atoms with Gasteiger partial charge in [-0.1, -0.05) is 29.3 Å². The van der Waals surface area contributed by atoms with Gasteiger partial charge in [0.25, 0.3) is 0 Å². The molecule has 0 aromatic heterocycles. The average molecular weight is 490 g/mol. The molecule has 0 atom stereocenters. The van der Waals surface area contributed by atoms with Crippen LogP contribution in [0.15, 0.2) is 59.5 Å². The molecule has 0 aliphatic rings. The summed E-state index contributed by atoms with van der Waals surface area (Å²) < 4.78 is 28.7. The molecule has 1 amide bonds. The van der Waals surface area contributed by atoms with E-state index in [0.29, 0.717) is 44.0 Å². The zero-order valence-electron chi connectivity index (χ0n) is 16.7. The number of carbonyl (C=O) groups excluding carboxylic acids is 1. The van der Waals surface area contributed by atoms with Crippen molar-refractivity contribution in [2.45, 2.75) is 18.2 Å². The second-order valence-electron chi connectivity index (χ2n) is 6.87. The van der Waals surface area contributed by atoms with E-state index in [1.165, 1.54) is 30.3 Å². The van der Waals surface area contributed by atoms with E-state index in [2.05, 4.69) is 10.2 Å². The Morgan fingerprint density at radius 3 is 2.53 bits per heavy atom. The van der Waals surface area contributed by atoms with Crippen LogP contribution in [-0.4, -0.2) is 14.3 Å². The first kappa shape index (κ1) is 23.6. The molecule has 10 heteroatoms. The maximum atomic E-state index is 12.5. The van der Waals surface area contributed by atoms with Gasteiger partial charge in [-0.3, -0.25) is 4.79 Å². The van der Waals surface area contributed by atoms with Crippen LogP contribution in [0.1, 0.15) is 11.1 Å². The molecule has 0 bridgehead atoms. The standard InChI is InChI=1S/C22H17Cl2N3O4S/c1-13-7-18(32(25,29)30)4-6-20(13)27-22(28)9-14-3-5-19(24)21(8-14)31-17-11-15(23)10-16(12-17)26-2/h3-8,10-12H,9H2,1H3,(H,27,28)(H2,25,29,30). The molecule has 164 valence electrons. The quantitative estimate of drug-likeness (QED) is 0.447. The fourth-order valence-corrected chi connectivity index (χ4v) is 3.84. The van der Waals surface area contributed by atoms with Crippen LogP contribution in [0.2, 0.25) is 10.0 Å². The minimum absolute atomic E-state index is 0.0206. The van der Waals surface area contributed by atoms with Crippen LogP contribution in [-0.2, 0) is 21.2 Å². The lowest BCUT2D eigenvalue weighted by molar-refractivity contribution is -0.115. The van der Waals surface area contributed by atoms with Gasteiger partial charge >= 0.3 is 0 Å². The Balaban J connectivity index is 1.75. The fourth-order valence-electron chi connectivity index (χ4n) is 2.87. The number of ether oxygens (including phenoxy) is 1. The minimum atomic E-state index is -3.82. The van der Waals surface area contributed by atoms with E-state index >= 15 is 0 Å². The maximum absolute atomic E-state index is 12.5. The number of aryl methyl sites for hydroxylation is 1. The lowest BCUT2D eigenvalue weighted by Crippen LogP contribution is -2.16. The summed E-state index contributed by atoms with van der Waals surface area (Å²) in [7, 11) is -3.82. The van der Waals surface area contributed by atoms with Crippen LogP contribution in [0.4, 0.5) is 11.4 Å². The monoisotopic (exact) mass is 489 g/mol. The molecule has 0 aliphatic heterocycles. The number of nitrogens with one attached hydrogen (secondary N) is 1. The molecule has 7 nitrogen and oxygen atoms in total. The molecule has 0 radical (unpaired) electrons. The Morgan fingerprint density at radius 1 is 1.12 bits per heavy atom. The number of rotatable bonds is 6. The van der Waals surface area contributed by atoms with Crippen molar-refractivity contribution in [2.24, 2.45) is 5.14 Å². The largest absolute Gasteiger partial charge is 0.457 e. The predicted molar refractivity (Wildman–Crippen MR) is 124 cm³/mol. The van der Waals surface area contributed by atoms with Gasteiger partial charge in [0.15, 0.2) is 5.69 Å². The third-order valence-corrected chi connectivity index (χ3v) is 5.82. The molecule has 3 N–H and O–H groups in total.